The van der Waals surface area contributed by atoms with Crippen molar-refractivity contribution in [1.82, 2.24) is 0 Å². The molecule has 0 N–H and O–H groups in total. The quantitative estimate of drug-likeness (QED) is 0.0322. The third-order valence-corrected chi connectivity index (χ3v) is 7.53. The molecule has 0 aliphatic carbocycles. The molecule has 0 aliphatic heterocycles. The first-order valence-corrected chi connectivity index (χ1v) is 17.6. The standard InChI is InChI=1S/C34H64Cl2O3/c35-29-25-21-17-13-9-5-1-3-7-11-15-19-23-27-31-37-33-39-34-38-32-28-24-20-16-12-8-4-2-6-10-14-18-22-26-30-36/h15-16,19-20H,1-14,17-18,21-34H2. The van der Waals surface area contributed by atoms with Crippen LogP contribution in [0.1, 0.15) is 154 Å². The second-order valence-electron chi connectivity index (χ2n) is 10.8. The zero-order valence-electron chi connectivity index (χ0n) is 25.5. The Morgan fingerprint density at radius 3 is 0.923 bits per heavy atom. The monoisotopic (exact) mass is 590 g/mol. The van der Waals surface area contributed by atoms with Gasteiger partial charge in [-0.15, -0.1) is 23.2 Å². The number of hydrogen-bond acceptors (Lipinski definition) is 3. The second-order valence-corrected chi connectivity index (χ2v) is 11.6. The van der Waals surface area contributed by atoms with Crippen LogP contribution in [0, 0.1) is 0 Å². The molecule has 5 heteroatoms. The summed E-state index contributed by atoms with van der Waals surface area (Å²) in [7, 11) is 0. The Morgan fingerprint density at radius 2 is 0.590 bits per heavy atom. The number of rotatable bonds is 34. The van der Waals surface area contributed by atoms with Crippen molar-refractivity contribution in [2.75, 3.05) is 38.6 Å². The van der Waals surface area contributed by atoms with Gasteiger partial charge in [-0.25, -0.2) is 0 Å². The second kappa shape index (κ2) is 37.9. The van der Waals surface area contributed by atoms with Crippen LogP contribution in [-0.2, 0) is 14.2 Å². The minimum Gasteiger partial charge on any atom is -0.355 e. The van der Waals surface area contributed by atoms with Gasteiger partial charge in [0.25, 0.3) is 0 Å². The summed E-state index contributed by atoms with van der Waals surface area (Å²) in [6.45, 7) is 2.14. The van der Waals surface area contributed by atoms with Gasteiger partial charge in [-0.05, 0) is 64.2 Å². The zero-order chi connectivity index (χ0) is 28.2. The molecular formula is C34H64Cl2O3. The van der Waals surface area contributed by atoms with E-state index >= 15 is 0 Å². The Labute approximate surface area is 253 Å². The van der Waals surface area contributed by atoms with Crippen LogP contribution in [0.25, 0.3) is 0 Å². The summed E-state index contributed by atoms with van der Waals surface area (Å²) in [5.41, 5.74) is 0. The van der Waals surface area contributed by atoms with Gasteiger partial charge in [-0.2, -0.15) is 0 Å². The summed E-state index contributed by atoms with van der Waals surface area (Å²) in [6, 6.07) is 0. The van der Waals surface area contributed by atoms with E-state index in [-0.39, 0.29) is 0 Å². The summed E-state index contributed by atoms with van der Waals surface area (Å²) in [5, 5.41) is 0. The lowest BCUT2D eigenvalue weighted by Gasteiger charge is -2.06. The average Bonchev–Trinajstić information content (AvgIpc) is 2.95. The fourth-order valence-electron chi connectivity index (χ4n) is 4.54. The molecule has 0 rings (SSSR count). The number of unbranched alkanes of at least 4 members (excludes halogenated alkanes) is 20. The summed E-state index contributed by atoms with van der Waals surface area (Å²) in [5.74, 6) is 1.64. The van der Waals surface area contributed by atoms with Crippen molar-refractivity contribution in [3.8, 4) is 0 Å². The maximum Gasteiger partial charge on any atom is 0.149 e. The summed E-state index contributed by atoms with van der Waals surface area (Å²) in [6.07, 6.45) is 40.1. The maximum absolute atomic E-state index is 5.71. The molecule has 0 aromatic carbocycles. The van der Waals surface area contributed by atoms with Crippen molar-refractivity contribution in [1.29, 1.82) is 0 Å². The number of alkyl halides is 2. The predicted octanol–water partition coefficient (Wildman–Crippen LogP) is 11.9. The highest BCUT2D eigenvalue weighted by Crippen LogP contribution is 2.12. The molecule has 0 unspecified atom stereocenters. The molecule has 0 fully saturated rings. The number of hydrogen-bond donors (Lipinski definition) is 0. The summed E-state index contributed by atoms with van der Waals surface area (Å²) < 4.78 is 16.4. The van der Waals surface area contributed by atoms with Crippen molar-refractivity contribution in [2.24, 2.45) is 0 Å². The van der Waals surface area contributed by atoms with E-state index in [9.17, 15) is 0 Å². The highest BCUT2D eigenvalue weighted by Gasteiger charge is 1.94. The lowest BCUT2D eigenvalue weighted by molar-refractivity contribution is -0.131. The van der Waals surface area contributed by atoms with Crippen molar-refractivity contribution in [3.05, 3.63) is 24.3 Å². The molecule has 0 aromatic rings. The van der Waals surface area contributed by atoms with Gasteiger partial charge >= 0.3 is 0 Å². The van der Waals surface area contributed by atoms with Gasteiger partial charge in [-0.1, -0.05) is 114 Å². The van der Waals surface area contributed by atoms with Gasteiger partial charge in [0, 0.05) is 25.0 Å². The van der Waals surface area contributed by atoms with Gasteiger partial charge < -0.3 is 14.2 Å². The largest absolute Gasteiger partial charge is 0.355 e. The number of halogens is 2. The lowest BCUT2D eigenvalue weighted by Crippen LogP contribution is -2.06. The molecule has 0 spiro atoms. The molecule has 0 radical (unpaired) electrons. The van der Waals surface area contributed by atoms with Crippen LogP contribution in [0.3, 0.4) is 0 Å². The van der Waals surface area contributed by atoms with Gasteiger partial charge in [0.05, 0.1) is 0 Å². The average molecular weight is 592 g/mol. The molecular weight excluding hydrogens is 527 g/mol. The van der Waals surface area contributed by atoms with Crippen LogP contribution >= 0.6 is 23.2 Å². The Morgan fingerprint density at radius 1 is 0.308 bits per heavy atom. The van der Waals surface area contributed by atoms with Gasteiger partial charge in [0.1, 0.15) is 13.6 Å². The van der Waals surface area contributed by atoms with E-state index in [2.05, 4.69) is 24.3 Å². The molecule has 0 bridgehead atoms. The van der Waals surface area contributed by atoms with Crippen LogP contribution in [0.5, 0.6) is 0 Å². The smallest absolute Gasteiger partial charge is 0.149 e. The zero-order valence-corrected chi connectivity index (χ0v) is 27.0. The van der Waals surface area contributed by atoms with Gasteiger partial charge in [-0.3, -0.25) is 0 Å². The molecule has 0 saturated heterocycles. The van der Waals surface area contributed by atoms with E-state index in [1.165, 1.54) is 128 Å². The molecule has 0 heterocycles. The van der Waals surface area contributed by atoms with Crippen LogP contribution in [0.4, 0.5) is 0 Å². The fourth-order valence-corrected chi connectivity index (χ4v) is 4.91. The van der Waals surface area contributed by atoms with Crippen molar-refractivity contribution < 1.29 is 14.2 Å². The first-order chi connectivity index (χ1) is 19.4. The fraction of sp³-hybridized carbons (Fsp3) is 0.882. The predicted molar refractivity (Wildman–Crippen MR) is 173 cm³/mol. The van der Waals surface area contributed by atoms with Crippen molar-refractivity contribution >= 4 is 23.2 Å². The van der Waals surface area contributed by atoms with Crippen molar-refractivity contribution in [2.45, 2.75) is 154 Å². The van der Waals surface area contributed by atoms with Crippen molar-refractivity contribution in [3.63, 3.8) is 0 Å². The normalized spacial score (nSPS) is 11.9. The molecule has 0 atom stereocenters. The Balaban J connectivity index is 3.12. The molecule has 0 aliphatic rings. The SMILES string of the molecule is ClCCCCCCCCCCCC=CCCCOCOCOCCCC=CCCCCCCCCCCCCl. The van der Waals surface area contributed by atoms with Gasteiger partial charge in [0.15, 0.2) is 0 Å². The minimum absolute atomic E-state index is 0.324. The van der Waals surface area contributed by atoms with Crippen LogP contribution in [-0.4, -0.2) is 38.6 Å². The lowest BCUT2D eigenvalue weighted by atomic mass is 10.1. The van der Waals surface area contributed by atoms with E-state index < -0.39 is 0 Å². The Bertz CT molecular complexity index is 443. The molecule has 232 valence electrons. The topological polar surface area (TPSA) is 27.7 Å². The van der Waals surface area contributed by atoms with E-state index in [1.807, 2.05) is 0 Å². The third-order valence-electron chi connectivity index (χ3n) is 6.99. The first-order valence-electron chi connectivity index (χ1n) is 16.6. The molecule has 0 amide bonds. The van der Waals surface area contributed by atoms with E-state index in [4.69, 9.17) is 37.4 Å². The number of allylic oxidation sites excluding steroid dienone is 4. The highest BCUT2D eigenvalue weighted by molar-refractivity contribution is 6.18. The third kappa shape index (κ3) is 37.9. The molecule has 3 nitrogen and oxygen atoms in total. The van der Waals surface area contributed by atoms with Crippen LogP contribution < -0.4 is 0 Å². The van der Waals surface area contributed by atoms with Crippen LogP contribution in [0.2, 0.25) is 0 Å². The minimum atomic E-state index is 0.324. The van der Waals surface area contributed by atoms with Crippen LogP contribution in [0.15, 0.2) is 24.3 Å². The maximum atomic E-state index is 5.71. The Hall–Kier alpha value is -0.0600. The van der Waals surface area contributed by atoms with Gasteiger partial charge in [0.2, 0.25) is 0 Å². The highest BCUT2D eigenvalue weighted by atomic mass is 35.5. The van der Waals surface area contributed by atoms with E-state index in [1.54, 1.807) is 0 Å². The van der Waals surface area contributed by atoms with E-state index in [0.717, 1.165) is 50.7 Å². The van der Waals surface area contributed by atoms with E-state index in [0.29, 0.717) is 13.6 Å². The first kappa shape index (κ1) is 38.9. The molecule has 0 aromatic heterocycles. The molecule has 0 saturated carbocycles. The Kier molecular flexibility index (Phi) is 37.9. The number of ether oxygens (including phenoxy) is 3. The summed E-state index contributed by atoms with van der Waals surface area (Å²) >= 11 is 11.4. The summed E-state index contributed by atoms with van der Waals surface area (Å²) in [4.78, 5) is 0. The molecule has 39 heavy (non-hydrogen) atoms.